The fourth-order valence-electron chi connectivity index (χ4n) is 2.96. The summed E-state index contributed by atoms with van der Waals surface area (Å²) in [6.07, 6.45) is 0.644. The standard InChI is InChI=1S/C24H25ClN2O3S2/c1-4-23(31-21-11-6-18(25)7-12-21)24(28)26-19-9-13-22(14-10-19)32(29,30)27-20-8-5-16(2)17(3)15-20/h5-15,23,27H,4H2,1-3H3,(H,26,28)/t23-/m1/s1. The van der Waals surface area contributed by atoms with Gasteiger partial charge in [0.25, 0.3) is 10.0 Å². The minimum absolute atomic E-state index is 0.122. The Bertz CT molecular complexity index is 1190. The Balaban J connectivity index is 1.66. The van der Waals surface area contributed by atoms with Crippen LogP contribution in [-0.2, 0) is 14.8 Å². The Morgan fingerprint density at radius 3 is 2.16 bits per heavy atom. The van der Waals surface area contributed by atoms with Crippen molar-refractivity contribution < 1.29 is 13.2 Å². The molecule has 8 heteroatoms. The molecular weight excluding hydrogens is 464 g/mol. The summed E-state index contributed by atoms with van der Waals surface area (Å²) in [5, 5.41) is 3.23. The number of carbonyl (C=O) groups is 1. The monoisotopic (exact) mass is 488 g/mol. The van der Waals surface area contributed by atoms with Gasteiger partial charge in [0.15, 0.2) is 0 Å². The third-order valence-electron chi connectivity index (χ3n) is 4.95. The van der Waals surface area contributed by atoms with E-state index in [0.717, 1.165) is 16.0 Å². The normalized spacial score (nSPS) is 12.2. The predicted octanol–water partition coefficient (Wildman–Crippen LogP) is 6.27. The number of hydrogen-bond acceptors (Lipinski definition) is 4. The van der Waals surface area contributed by atoms with E-state index in [2.05, 4.69) is 10.0 Å². The lowest BCUT2D eigenvalue weighted by atomic mass is 10.1. The lowest BCUT2D eigenvalue weighted by Crippen LogP contribution is -2.24. The molecule has 1 amide bonds. The maximum absolute atomic E-state index is 12.7. The third kappa shape index (κ3) is 6.28. The number of halogens is 1. The average Bonchev–Trinajstić information content (AvgIpc) is 2.76. The van der Waals surface area contributed by atoms with Crippen LogP contribution in [0.25, 0.3) is 0 Å². The van der Waals surface area contributed by atoms with Crippen molar-refractivity contribution in [3.8, 4) is 0 Å². The first-order valence-corrected chi connectivity index (χ1v) is 12.9. The van der Waals surface area contributed by atoms with Gasteiger partial charge >= 0.3 is 0 Å². The molecule has 0 heterocycles. The number of benzene rings is 3. The minimum atomic E-state index is -3.73. The van der Waals surface area contributed by atoms with E-state index in [0.29, 0.717) is 22.8 Å². The molecule has 5 nitrogen and oxygen atoms in total. The molecule has 0 radical (unpaired) electrons. The van der Waals surface area contributed by atoms with Crippen LogP contribution in [0.4, 0.5) is 11.4 Å². The number of aryl methyl sites for hydroxylation is 2. The van der Waals surface area contributed by atoms with E-state index in [-0.39, 0.29) is 16.1 Å². The summed E-state index contributed by atoms with van der Waals surface area (Å²) in [5.74, 6) is -0.142. The summed E-state index contributed by atoms with van der Waals surface area (Å²) in [4.78, 5) is 13.8. The second-order valence-corrected chi connectivity index (χ2v) is 10.8. The third-order valence-corrected chi connectivity index (χ3v) is 7.97. The number of thioether (sulfide) groups is 1. The number of carbonyl (C=O) groups excluding carboxylic acids is 1. The van der Waals surface area contributed by atoms with Crippen molar-refractivity contribution in [1.29, 1.82) is 0 Å². The van der Waals surface area contributed by atoms with Gasteiger partial charge in [-0.05, 0) is 92.1 Å². The van der Waals surface area contributed by atoms with E-state index in [4.69, 9.17) is 11.6 Å². The number of sulfonamides is 1. The van der Waals surface area contributed by atoms with Crippen LogP contribution in [0.15, 0.2) is 76.5 Å². The number of anilines is 2. The summed E-state index contributed by atoms with van der Waals surface area (Å²) in [7, 11) is -3.73. The van der Waals surface area contributed by atoms with Gasteiger partial charge in [0, 0.05) is 21.3 Å². The topological polar surface area (TPSA) is 75.3 Å². The van der Waals surface area contributed by atoms with Gasteiger partial charge in [-0.3, -0.25) is 9.52 Å². The molecule has 0 unspecified atom stereocenters. The van der Waals surface area contributed by atoms with Crippen molar-refractivity contribution in [2.24, 2.45) is 0 Å². The van der Waals surface area contributed by atoms with Crippen LogP contribution < -0.4 is 10.0 Å². The molecule has 0 aromatic heterocycles. The highest BCUT2D eigenvalue weighted by Crippen LogP contribution is 2.28. The van der Waals surface area contributed by atoms with Gasteiger partial charge < -0.3 is 5.32 Å². The summed E-state index contributed by atoms with van der Waals surface area (Å²) in [6.45, 7) is 5.85. The number of amides is 1. The molecule has 0 fully saturated rings. The fourth-order valence-corrected chi connectivity index (χ4v) is 5.09. The zero-order valence-electron chi connectivity index (χ0n) is 18.1. The van der Waals surface area contributed by atoms with Gasteiger partial charge in [-0.2, -0.15) is 0 Å². The van der Waals surface area contributed by atoms with Crippen LogP contribution in [0.1, 0.15) is 24.5 Å². The predicted molar refractivity (Wildman–Crippen MR) is 133 cm³/mol. The van der Waals surface area contributed by atoms with E-state index < -0.39 is 10.0 Å². The molecule has 0 aliphatic carbocycles. The molecule has 32 heavy (non-hydrogen) atoms. The average molecular weight is 489 g/mol. The molecule has 3 aromatic rings. The van der Waals surface area contributed by atoms with Crippen LogP contribution in [-0.4, -0.2) is 19.6 Å². The lowest BCUT2D eigenvalue weighted by molar-refractivity contribution is -0.115. The van der Waals surface area contributed by atoms with Gasteiger partial charge in [-0.25, -0.2) is 8.42 Å². The van der Waals surface area contributed by atoms with Crippen molar-refractivity contribution in [2.75, 3.05) is 10.0 Å². The first-order chi connectivity index (χ1) is 15.2. The number of nitrogens with one attached hydrogen (secondary N) is 2. The van der Waals surface area contributed by atoms with Gasteiger partial charge in [-0.15, -0.1) is 11.8 Å². The van der Waals surface area contributed by atoms with Crippen molar-refractivity contribution in [1.82, 2.24) is 0 Å². The first-order valence-electron chi connectivity index (χ1n) is 10.1. The second-order valence-electron chi connectivity index (χ2n) is 7.39. The highest BCUT2D eigenvalue weighted by atomic mass is 35.5. The Morgan fingerprint density at radius 1 is 0.938 bits per heavy atom. The highest BCUT2D eigenvalue weighted by molar-refractivity contribution is 8.00. The molecule has 3 aromatic carbocycles. The van der Waals surface area contributed by atoms with Gasteiger partial charge in [-0.1, -0.05) is 24.6 Å². The van der Waals surface area contributed by atoms with Crippen LogP contribution >= 0.6 is 23.4 Å². The Morgan fingerprint density at radius 2 is 1.56 bits per heavy atom. The van der Waals surface area contributed by atoms with Crippen LogP contribution in [0.2, 0.25) is 5.02 Å². The van der Waals surface area contributed by atoms with Crippen molar-refractivity contribution in [3.63, 3.8) is 0 Å². The zero-order valence-corrected chi connectivity index (χ0v) is 20.4. The van der Waals surface area contributed by atoms with Gasteiger partial charge in [0.1, 0.15) is 0 Å². The second kappa shape index (κ2) is 10.4. The molecule has 2 N–H and O–H groups in total. The van der Waals surface area contributed by atoms with E-state index >= 15 is 0 Å². The maximum Gasteiger partial charge on any atom is 0.261 e. The maximum atomic E-state index is 12.7. The van der Waals surface area contributed by atoms with E-state index in [1.807, 2.05) is 39.0 Å². The molecule has 0 bridgehead atoms. The molecular formula is C24H25ClN2O3S2. The van der Waals surface area contributed by atoms with Crippen molar-refractivity contribution in [3.05, 3.63) is 82.9 Å². The Labute approximate surface area is 198 Å². The van der Waals surface area contributed by atoms with E-state index in [1.54, 1.807) is 36.4 Å². The lowest BCUT2D eigenvalue weighted by Gasteiger charge is -2.15. The smallest absolute Gasteiger partial charge is 0.261 e. The summed E-state index contributed by atoms with van der Waals surface area (Å²) in [6, 6.07) is 18.9. The minimum Gasteiger partial charge on any atom is -0.325 e. The van der Waals surface area contributed by atoms with E-state index in [9.17, 15) is 13.2 Å². The quantitative estimate of drug-likeness (QED) is 0.366. The molecule has 0 aliphatic rings. The molecule has 0 spiro atoms. The summed E-state index contributed by atoms with van der Waals surface area (Å²) in [5.41, 5.74) is 3.14. The summed E-state index contributed by atoms with van der Waals surface area (Å²) >= 11 is 7.38. The van der Waals surface area contributed by atoms with Gasteiger partial charge in [0.05, 0.1) is 10.1 Å². The fraction of sp³-hybridized carbons (Fsp3) is 0.208. The van der Waals surface area contributed by atoms with Crippen molar-refractivity contribution >= 4 is 50.7 Å². The molecule has 0 aliphatic heterocycles. The molecule has 3 rings (SSSR count). The van der Waals surface area contributed by atoms with Crippen LogP contribution in [0.5, 0.6) is 0 Å². The van der Waals surface area contributed by atoms with Crippen LogP contribution in [0.3, 0.4) is 0 Å². The number of hydrogen-bond donors (Lipinski definition) is 2. The van der Waals surface area contributed by atoms with Crippen LogP contribution in [0, 0.1) is 13.8 Å². The van der Waals surface area contributed by atoms with Crippen molar-refractivity contribution in [2.45, 2.75) is 42.2 Å². The molecule has 168 valence electrons. The molecule has 1 atom stereocenters. The first kappa shape index (κ1) is 24.2. The molecule has 0 saturated carbocycles. The zero-order chi connectivity index (χ0) is 23.3. The Kier molecular flexibility index (Phi) is 7.87. The largest absolute Gasteiger partial charge is 0.325 e. The highest BCUT2D eigenvalue weighted by Gasteiger charge is 2.19. The van der Waals surface area contributed by atoms with E-state index in [1.165, 1.54) is 23.9 Å². The molecule has 0 saturated heterocycles. The Hall–Kier alpha value is -2.48. The van der Waals surface area contributed by atoms with Gasteiger partial charge in [0.2, 0.25) is 5.91 Å². The SMILES string of the molecule is CC[C@@H](Sc1ccc(Cl)cc1)C(=O)Nc1ccc(S(=O)(=O)Nc2ccc(C)c(C)c2)cc1. The summed E-state index contributed by atoms with van der Waals surface area (Å²) < 4.78 is 28.0. The number of rotatable bonds is 8.